The molecule has 1 aliphatic heterocycles. The van der Waals surface area contributed by atoms with Crippen molar-refractivity contribution in [2.75, 3.05) is 19.6 Å². The molecule has 4 N–H and O–H groups in total. The fourth-order valence-electron chi connectivity index (χ4n) is 4.30. The molecule has 0 unspecified atom stereocenters. The molecule has 1 heterocycles. The first kappa shape index (κ1) is 25.7. The lowest BCUT2D eigenvalue weighted by Gasteiger charge is -2.25. The molecule has 2 atom stereocenters. The largest absolute Gasteiger partial charge is 0.350 e. The Balaban J connectivity index is 1.42. The average Bonchev–Trinajstić information content (AvgIpc) is 2.98. The zero-order valence-electron chi connectivity index (χ0n) is 19.1. The van der Waals surface area contributed by atoms with Crippen LogP contribution in [0.1, 0.15) is 28.8 Å². The Morgan fingerprint density at radius 3 is 2.51 bits per heavy atom. The SMILES string of the molecule is NCC[C@@H]1N[C@H](CNC(=O)c2ccc3cc(Cl)ccc3c2)CCN(Cc2ccc(Cl)cc2Cl)C1=O. The van der Waals surface area contributed by atoms with Gasteiger partial charge in [-0.2, -0.15) is 0 Å². The van der Waals surface area contributed by atoms with Crippen LogP contribution >= 0.6 is 34.8 Å². The fraction of sp³-hybridized carbons (Fsp3) is 0.308. The van der Waals surface area contributed by atoms with Crippen molar-refractivity contribution in [3.63, 3.8) is 0 Å². The van der Waals surface area contributed by atoms with Crippen molar-refractivity contribution in [1.29, 1.82) is 0 Å². The molecule has 1 fully saturated rings. The van der Waals surface area contributed by atoms with Gasteiger partial charge in [-0.05, 0) is 72.1 Å². The third-order valence-corrected chi connectivity index (χ3v) is 7.02. The van der Waals surface area contributed by atoms with E-state index in [-0.39, 0.29) is 17.9 Å². The second-order valence-electron chi connectivity index (χ2n) is 8.69. The van der Waals surface area contributed by atoms with E-state index in [0.29, 0.717) is 59.7 Å². The molecule has 9 heteroatoms. The van der Waals surface area contributed by atoms with E-state index in [1.165, 1.54) is 0 Å². The van der Waals surface area contributed by atoms with Crippen LogP contribution < -0.4 is 16.4 Å². The topological polar surface area (TPSA) is 87.5 Å². The summed E-state index contributed by atoms with van der Waals surface area (Å²) in [7, 11) is 0. The van der Waals surface area contributed by atoms with Crippen molar-refractivity contribution in [2.45, 2.75) is 31.5 Å². The quantitative estimate of drug-likeness (QED) is 0.413. The fourth-order valence-corrected chi connectivity index (χ4v) is 4.95. The van der Waals surface area contributed by atoms with Gasteiger partial charge < -0.3 is 21.3 Å². The minimum absolute atomic E-state index is 0.0246. The molecule has 0 radical (unpaired) electrons. The summed E-state index contributed by atoms with van der Waals surface area (Å²) in [5, 5.41) is 10.1. The molecule has 1 saturated heterocycles. The molecular formula is C26H27Cl3N4O2. The average molecular weight is 534 g/mol. The molecule has 6 nitrogen and oxygen atoms in total. The third kappa shape index (κ3) is 6.46. The lowest BCUT2D eigenvalue weighted by atomic mass is 10.1. The Hall–Kier alpha value is -2.35. The minimum Gasteiger partial charge on any atom is -0.350 e. The summed E-state index contributed by atoms with van der Waals surface area (Å²) in [5.41, 5.74) is 7.19. The number of amides is 2. The van der Waals surface area contributed by atoms with Gasteiger partial charge in [-0.15, -0.1) is 0 Å². The Morgan fingerprint density at radius 2 is 1.74 bits per heavy atom. The number of nitrogens with one attached hydrogen (secondary N) is 2. The van der Waals surface area contributed by atoms with Crippen molar-refractivity contribution in [3.05, 3.63) is 80.8 Å². The predicted molar refractivity (Wildman–Crippen MR) is 142 cm³/mol. The Morgan fingerprint density at radius 1 is 1.03 bits per heavy atom. The van der Waals surface area contributed by atoms with Crippen molar-refractivity contribution in [2.24, 2.45) is 5.73 Å². The van der Waals surface area contributed by atoms with E-state index in [0.717, 1.165) is 16.3 Å². The number of nitrogens with zero attached hydrogens (tertiary/aromatic N) is 1. The number of rotatable bonds is 7. The van der Waals surface area contributed by atoms with Gasteiger partial charge in [0.2, 0.25) is 5.91 Å². The van der Waals surface area contributed by atoms with Crippen LogP contribution in [0, 0.1) is 0 Å². The number of hydrogen-bond donors (Lipinski definition) is 3. The Bertz CT molecular complexity index is 1240. The molecule has 0 aromatic heterocycles. The van der Waals surface area contributed by atoms with E-state index in [2.05, 4.69) is 10.6 Å². The first-order chi connectivity index (χ1) is 16.8. The highest BCUT2D eigenvalue weighted by molar-refractivity contribution is 6.35. The van der Waals surface area contributed by atoms with Gasteiger partial charge in [0.25, 0.3) is 5.91 Å². The summed E-state index contributed by atoms with van der Waals surface area (Å²) < 4.78 is 0. The maximum absolute atomic E-state index is 13.2. The zero-order chi connectivity index (χ0) is 24.9. The molecule has 3 aromatic rings. The Kier molecular flexibility index (Phi) is 8.52. The van der Waals surface area contributed by atoms with Gasteiger partial charge >= 0.3 is 0 Å². The molecule has 0 bridgehead atoms. The highest BCUT2D eigenvalue weighted by Gasteiger charge is 2.30. The maximum atomic E-state index is 13.2. The van der Waals surface area contributed by atoms with Gasteiger partial charge in [-0.1, -0.05) is 53.0 Å². The molecule has 2 amide bonds. The highest BCUT2D eigenvalue weighted by Crippen LogP contribution is 2.24. The summed E-state index contributed by atoms with van der Waals surface area (Å²) >= 11 is 18.4. The summed E-state index contributed by atoms with van der Waals surface area (Å²) in [6, 6.07) is 15.9. The number of carbonyl (C=O) groups is 2. The van der Waals surface area contributed by atoms with Crippen LogP contribution in [0.15, 0.2) is 54.6 Å². The number of hydrogen-bond acceptors (Lipinski definition) is 4. The molecule has 0 aliphatic carbocycles. The molecule has 35 heavy (non-hydrogen) atoms. The monoisotopic (exact) mass is 532 g/mol. The smallest absolute Gasteiger partial charge is 0.251 e. The van der Waals surface area contributed by atoms with Crippen molar-refractivity contribution in [1.82, 2.24) is 15.5 Å². The molecule has 0 spiro atoms. The number of benzene rings is 3. The van der Waals surface area contributed by atoms with E-state index in [1.54, 1.807) is 29.2 Å². The van der Waals surface area contributed by atoms with Crippen LogP contribution in [0.5, 0.6) is 0 Å². The van der Waals surface area contributed by atoms with E-state index >= 15 is 0 Å². The lowest BCUT2D eigenvalue weighted by molar-refractivity contribution is -0.133. The van der Waals surface area contributed by atoms with Crippen LogP contribution in [0.25, 0.3) is 10.8 Å². The molecule has 1 aliphatic rings. The van der Waals surface area contributed by atoms with Gasteiger partial charge in [0.15, 0.2) is 0 Å². The van der Waals surface area contributed by atoms with Gasteiger partial charge in [0.1, 0.15) is 0 Å². The van der Waals surface area contributed by atoms with Crippen LogP contribution in [0.4, 0.5) is 0 Å². The summed E-state index contributed by atoms with van der Waals surface area (Å²) in [5.74, 6) is -0.192. The highest BCUT2D eigenvalue weighted by atomic mass is 35.5. The van der Waals surface area contributed by atoms with E-state index in [9.17, 15) is 9.59 Å². The zero-order valence-corrected chi connectivity index (χ0v) is 21.3. The van der Waals surface area contributed by atoms with Crippen molar-refractivity contribution in [3.8, 4) is 0 Å². The van der Waals surface area contributed by atoms with Crippen LogP contribution in [0.3, 0.4) is 0 Å². The predicted octanol–water partition coefficient (Wildman–Crippen LogP) is 4.64. The van der Waals surface area contributed by atoms with E-state index in [4.69, 9.17) is 40.5 Å². The molecule has 0 saturated carbocycles. The minimum atomic E-state index is -0.430. The van der Waals surface area contributed by atoms with Gasteiger partial charge in [0, 0.05) is 46.3 Å². The standard InChI is InChI=1S/C26H27Cl3N4O2/c27-20-5-3-16-11-18(2-1-17(16)12-20)25(34)31-14-22-8-10-33(26(35)24(32-22)7-9-30)15-19-4-6-21(28)13-23(19)29/h1-6,11-13,22,24,32H,7-10,14-15,30H2,(H,31,34)/t22-,24-/m0/s1. The number of fused-ring (bicyclic) bond motifs is 1. The van der Waals surface area contributed by atoms with Crippen LogP contribution in [-0.4, -0.2) is 48.4 Å². The number of nitrogens with two attached hydrogens (primary N) is 1. The summed E-state index contributed by atoms with van der Waals surface area (Å²) in [6.45, 7) is 1.68. The second-order valence-corrected chi connectivity index (χ2v) is 9.97. The van der Waals surface area contributed by atoms with Gasteiger partial charge in [0.05, 0.1) is 6.04 Å². The Labute approximate surface area is 219 Å². The molecule has 3 aromatic carbocycles. The normalized spacial score (nSPS) is 18.5. The van der Waals surface area contributed by atoms with E-state index in [1.807, 2.05) is 30.3 Å². The van der Waals surface area contributed by atoms with Crippen LogP contribution in [-0.2, 0) is 11.3 Å². The number of carbonyl (C=O) groups excluding carboxylic acids is 2. The molecule has 184 valence electrons. The van der Waals surface area contributed by atoms with Gasteiger partial charge in [-0.3, -0.25) is 9.59 Å². The molecule has 4 rings (SSSR count). The maximum Gasteiger partial charge on any atom is 0.251 e. The second kappa shape index (κ2) is 11.6. The first-order valence-corrected chi connectivity index (χ1v) is 12.6. The number of halogens is 3. The lowest BCUT2D eigenvalue weighted by Crippen LogP contribution is -2.49. The molecular weight excluding hydrogens is 507 g/mol. The van der Waals surface area contributed by atoms with E-state index < -0.39 is 6.04 Å². The summed E-state index contributed by atoms with van der Waals surface area (Å²) in [4.78, 5) is 27.8. The van der Waals surface area contributed by atoms with Crippen molar-refractivity contribution >= 4 is 57.4 Å². The summed E-state index contributed by atoms with van der Waals surface area (Å²) in [6.07, 6.45) is 1.18. The van der Waals surface area contributed by atoms with Crippen molar-refractivity contribution < 1.29 is 9.59 Å². The third-order valence-electron chi connectivity index (χ3n) is 6.20. The van der Waals surface area contributed by atoms with Crippen LogP contribution in [0.2, 0.25) is 15.1 Å². The van der Waals surface area contributed by atoms with Gasteiger partial charge in [-0.25, -0.2) is 0 Å². The first-order valence-electron chi connectivity index (χ1n) is 11.5.